The number of aromatic nitrogens is 1. The molecular formula is C10H12ClN3O. The predicted molar refractivity (Wildman–Crippen MR) is 58.9 cm³/mol. The number of nitrogens with one attached hydrogen (secondary N) is 2. The summed E-state index contributed by atoms with van der Waals surface area (Å²) in [5, 5.41) is 6.42. The van der Waals surface area contributed by atoms with Gasteiger partial charge in [-0.2, -0.15) is 0 Å². The summed E-state index contributed by atoms with van der Waals surface area (Å²) >= 11 is 5.69. The van der Waals surface area contributed by atoms with Gasteiger partial charge in [-0.05, 0) is 31.5 Å². The van der Waals surface area contributed by atoms with Crippen LogP contribution in [0.15, 0.2) is 18.3 Å². The Balaban J connectivity index is 1.96. The van der Waals surface area contributed by atoms with Crippen LogP contribution in [0.4, 0.5) is 5.82 Å². The van der Waals surface area contributed by atoms with Crippen molar-refractivity contribution in [3.8, 4) is 0 Å². The second-order valence-electron chi connectivity index (χ2n) is 3.50. The summed E-state index contributed by atoms with van der Waals surface area (Å²) < 4.78 is 0. The number of anilines is 1. The fraction of sp³-hybridized carbons (Fsp3) is 0.400. The number of hydrogen-bond acceptors (Lipinski definition) is 3. The first-order valence-corrected chi connectivity index (χ1v) is 5.29. The third-order valence-electron chi connectivity index (χ3n) is 2.36. The van der Waals surface area contributed by atoms with Crippen LogP contribution in [0.3, 0.4) is 0 Å². The van der Waals surface area contributed by atoms with Crippen molar-refractivity contribution in [2.24, 2.45) is 0 Å². The highest BCUT2D eigenvalue weighted by atomic mass is 35.5. The zero-order valence-electron chi connectivity index (χ0n) is 8.16. The van der Waals surface area contributed by atoms with E-state index in [2.05, 4.69) is 15.6 Å². The van der Waals surface area contributed by atoms with Gasteiger partial charge >= 0.3 is 0 Å². The minimum atomic E-state index is -0.0810. The topological polar surface area (TPSA) is 54.0 Å². The van der Waals surface area contributed by atoms with E-state index in [4.69, 9.17) is 11.6 Å². The summed E-state index contributed by atoms with van der Waals surface area (Å²) in [5.74, 6) is 0.514. The molecule has 0 saturated carbocycles. The van der Waals surface area contributed by atoms with Crippen molar-refractivity contribution in [1.29, 1.82) is 0 Å². The lowest BCUT2D eigenvalue weighted by Crippen LogP contribution is -2.35. The molecule has 2 heterocycles. The monoisotopic (exact) mass is 225 g/mol. The van der Waals surface area contributed by atoms with Crippen molar-refractivity contribution in [2.45, 2.75) is 18.9 Å². The van der Waals surface area contributed by atoms with Crippen molar-refractivity contribution >= 4 is 23.3 Å². The highest BCUT2D eigenvalue weighted by molar-refractivity contribution is 6.30. The van der Waals surface area contributed by atoms with Crippen molar-refractivity contribution in [3.05, 3.63) is 23.4 Å². The number of amides is 1. The molecule has 0 radical (unpaired) electrons. The Kier molecular flexibility index (Phi) is 3.18. The SMILES string of the molecule is O=C(Nc1ccc(Cl)cn1)[C@H]1CCCN1. The number of carbonyl (C=O) groups excluding carboxylic acids is 1. The fourth-order valence-corrected chi connectivity index (χ4v) is 1.68. The van der Waals surface area contributed by atoms with Crippen LogP contribution in [0, 0.1) is 0 Å². The maximum absolute atomic E-state index is 11.7. The quantitative estimate of drug-likeness (QED) is 0.801. The molecule has 1 fully saturated rings. The van der Waals surface area contributed by atoms with Crippen LogP contribution in [0.25, 0.3) is 0 Å². The summed E-state index contributed by atoms with van der Waals surface area (Å²) in [5.41, 5.74) is 0. The summed E-state index contributed by atoms with van der Waals surface area (Å²) in [7, 11) is 0. The van der Waals surface area contributed by atoms with Crippen LogP contribution < -0.4 is 10.6 Å². The molecule has 1 atom stereocenters. The smallest absolute Gasteiger partial charge is 0.242 e. The van der Waals surface area contributed by atoms with Crippen LogP contribution >= 0.6 is 11.6 Å². The molecule has 1 amide bonds. The molecule has 0 aromatic carbocycles. The summed E-state index contributed by atoms with van der Waals surface area (Å²) in [6, 6.07) is 3.31. The van der Waals surface area contributed by atoms with Gasteiger partial charge in [0.25, 0.3) is 0 Å². The molecule has 1 aromatic rings. The number of rotatable bonds is 2. The maximum atomic E-state index is 11.7. The van der Waals surface area contributed by atoms with Crippen LogP contribution in [0.5, 0.6) is 0 Å². The Labute approximate surface area is 93.0 Å². The Morgan fingerprint density at radius 3 is 3.07 bits per heavy atom. The summed E-state index contributed by atoms with van der Waals surface area (Å²) in [6.07, 6.45) is 3.45. The minimum absolute atomic E-state index is 0.0256. The van der Waals surface area contributed by atoms with Gasteiger partial charge in [-0.1, -0.05) is 11.6 Å². The maximum Gasteiger partial charge on any atom is 0.242 e. The zero-order valence-corrected chi connectivity index (χ0v) is 8.92. The van der Waals surface area contributed by atoms with E-state index < -0.39 is 0 Å². The van der Waals surface area contributed by atoms with E-state index in [1.54, 1.807) is 12.1 Å². The minimum Gasteiger partial charge on any atom is -0.309 e. The Morgan fingerprint density at radius 2 is 2.47 bits per heavy atom. The van der Waals surface area contributed by atoms with E-state index in [0.717, 1.165) is 19.4 Å². The van der Waals surface area contributed by atoms with E-state index in [1.165, 1.54) is 6.20 Å². The molecule has 2 N–H and O–H groups in total. The summed E-state index contributed by atoms with van der Waals surface area (Å²) in [6.45, 7) is 0.909. The van der Waals surface area contributed by atoms with Gasteiger partial charge in [0, 0.05) is 6.20 Å². The molecule has 0 unspecified atom stereocenters. The standard InChI is InChI=1S/C10H12ClN3O/c11-7-3-4-9(13-6-7)14-10(15)8-2-1-5-12-8/h3-4,6,8,12H,1-2,5H2,(H,13,14,15)/t8-/m1/s1. The Bertz CT molecular complexity index is 346. The molecule has 1 aliphatic rings. The van der Waals surface area contributed by atoms with Gasteiger partial charge in [0.15, 0.2) is 0 Å². The van der Waals surface area contributed by atoms with Crippen molar-refractivity contribution in [1.82, 2.24) is 10.3 Å². The molecule has 4 nitrogen and oxygen atoms in total. The second-order valence-corrected chi connectivity index (χ2v) is 3.94. The highest BCUT2D eigenvalue weighted by Crippen LogP contribution is 2.11. The van der Waals surface area contributed by atoms with Crippen LogP contribution in [0.2, 0.25) is 5.02 Å². The first kappa shape index (κ1) is 10.4. The van der Waals surface area contributed by atoms with Gasteiger partial charge in [-0.15, -0.1) is 0 Å². The lowest BCUT2D eigenvalue weighted by Gasteiger charge is -2.09. The van der Waals surface area contributed by atoms with Gasteiger partial charge in [-0.3, -0.25) is 4.79 Å². The van der Waals surface area contributed by atoms with Crippen LogP contribution in [0.1, 0.15) is 12.8 Å². The largest absolute Gasteiger partial charge is 0.309 e. The van der Waals surface area contributed by atoms with Gasteiger partial charge in [-0.25, -0.2) is 4.98 Å². The van der Waals surface area contributed by atoms with Gasteiger partial charge in [0.2, 0.25) is 5.91 Å². The number of pyridine rings is 1. The molecule has 0 spiro atoms. The van der Waals surface area contributed by atoms with Gasteiger partial charge < -0.3 is 10.6 Å². The summed E-state index contributed by atoms with van der Waals surface area (Å²) in [4.78, 5) is 15.7. The third kappa shape index (κ3) is 2.67. The highest BCUT2D eigenvalue weighted by Gasteiger charge is 2.21. The molecule has 5 heteroatoms. The zero-order chi connectivity index (χ0) is 10.7. The molecule has 0 bridgehead atoms. The number of nitrogens with zero attached hydrogens (tertiary/aromatic N) is 1. The Morgan fingerprint density at radius 1 is 1.60 bits per heavy atom. The van der Waals surface area contributed by atoms with Gasteiger partial charge in [0.05, 0.1) is 11.1 Å². The normalized spacial score (nSPS) is 20.2. The average molecular weight is 226 g/mol. The average Bonchev–Trinajstić information content (AvgIpc) is 2.74. The Hall–Kier alpha value is -1.13. The van der Waals surface area contributed by atoms with Gasteiger partial charge in [0.1, 0.15) is 5.82 Å². The second kappa shape index (κ2) is 4.59. The molecule has 15 heavy (non-hydrogen) atoms. The van der Waals surface area contributed by atoms with E-state index in [-0.39, 0.29) is 11.9 Å². The van der Waals surface area contributed by atoms with Crippen molar-refractivity contribution in [2.75, 3.05) is 11.9 Å². The van der Waals surface area contributed by atoms with Crippen LogP contribution in [-0.2, 0) is 4.79 Å². The molecule has 80 valence electrons. The van der Waals surface area contributed by atoms with E-state index >= 15 is 0 Å². The molecule has 0 aliphatic carbocycles. The fourth-order valence-electron chi connectivity index (χ4n) is 1.57. The number of hydrogen-bond donors (Lipinski definition) is 2. The molecule has 1 aliphatic heterocycles. The number of carbonyl (C=O) groups is 1. The van der Waals surface area contributed by atoms with Crippen LogP contribution in [-0.4, -0.2) is 23.5 Å². The lowest BCUT2D eigenvalue weighted by molar-refractivity contribution is -0.117. The molecule has 2 rings (SSSR count). The molecule has 1 saturated heterocycles. The van der Waals surface area contributed by atoms with E-state index in [1.807, 2.05) is 0 Å². The predicted octanol–water partition coefficient (Wildman–Crippen LogP) is 1.43. The van der Waals surface area contributed by atoms with Crippen molar-refractivity contribution < 1.29 is 4.79 Å². The molecular weight excluding hydrogens is 214 g/mol. The van der Waals surface area contributed by atoms with E-state index in [0.29, 0.717) is 10.8 Å². The number of halogens is 1. The first-order valence-electron chi connectivity index (χ1n) is 4.91. The molecule has 1 aromatic heterocycles. The lowest BCUT2D eigenvalue weighted by atomic mass is 10.2. The third-order valence-corrected chi connectivity index (χ3v) is 2.58. The van der Waals surface area contributed by atoms with Crippen molar-refractivity contribution in [3.63, 3.8) is 0 Å². The first-order chi connectivity index (χ1) is 7.25. The van der Waals surface area contributed by atoms with E-state index in [9.17, 15) is 4.79 Å².